The van der Waals surface area contributed by atoms with Crippen molar-refractivity contribution >= 4 is 34.3 Å². The molecule has 7 nitrogen and oxygen atoms in total. The number of amides is 1. The smallest absolute Gasteiger partial charge is 0.229 e. The summed E-state index contributed by atoms with van der Waals surface area (Å²) in [6, 6.07) is 9.81. The first-order chi connectivity index (χ1) is 12.7. The lowest BCUT2D eigenvalue weighted by Crippen LogP contribution is -2.23. The van der Waals surface area contributed by atoms with E-state index in [2.05, 4.69) is 19.9 Å². The van der Waals surface area contributed by atoms with E-state index in [0.29, 0.717) is 18.9 Å². The third kappa shape index (κ3) is 3.25. The fourth-order valence-electron chi connectivity index (χ4n) is 3.27. The number of aryl methyl sites for hydroxylation is 1. The average molecular weight is 350 g/mol. The standard InChI is InChI=1S/C19H22N6O/c20-8-3-9-24-11-7-14-13-21-19(23-18(14)24)22-15-4-1-5-16(12-15)25-10-2-6-17(25)26/h1,4-5,7,11-13H,2-3,6,8-10,20H2,(H,21,22,23). The van der Waals surface area contributed by atoms with E-state index < -0.39 is 0 Å². The van der Waals surface area contributed by atoms with E-state index in [0.717, 1.165) is 48.3 Å². The number of rotatable bonds is 6. The number of nitrogens with one attached hydrogen (secondary N) is 1. The molecule has 3 N–H and O–H groups in total. The minimum Gasteiger partial charge on any atom is -0.332 e. The van der Waals surface area contributed by atoms with E-state index in [1.807, 2.05) is 47.6 Å². The molecule has 0 saturated carbocycles. The fourth-order valence-corrected chi connectivity index (χ4v) is 3.27. The van der Waals surface area contributed by atoms with Gasteiger partial charge in [-0.2, -0.15) is 4.98 Å². The molecular formula is C19H22N6O. The Bertz CT molecular complexity index is 935. The van der Waals surface area contributed by atoms with E-state index in [9.17, 15) is 4.79 Å². The maximum atomic E-state index is 12.0. The summed E-state index contributed by atoms with van der Waals surface area (Å²) in [5.41, 5.74) is 8.27. The van der Waals surface area contributed by atoms with Crippen LogP contribution in [0.3, 0.4) is 0 Å². The summed E-state index contributed by atoms with van der Waals surface area (Å²) in [6.07, 6.45) is 6.27. The highest BCUT2D eigenvalue weighted by Crippen LogP contribution is 2.25. The number of hydrogen-bond acceptors (Lipinski definition) is 5. The summed E-state index contributed by atoms with van der Waals surface area (Å²) < 4.78 is 2.09. The van der Waals surface area contributed by atoms with Crippen LogP contribution in [-0.2, 0) is 11.3 Å². The van der Waals surface area contributed by atoms with Gasteiger partial charge in [-0.15, -0.1) is 0 Å². The molecule has 0 bridgehead atoms. The molecule has 0 unspecified atom stereocenters. The Hall–Kier alpha value is -2.93. The summed E-state index contributed by atoms with van der Waals surface area (Å²) in [4.78, 5) is 22.8. The number of benzene rings is 1. The van der Waals surface area contributed by atoms with Gasteiger partial charge in [0.05, 0.1) is 0 Å². The number of anilines is 3. The van der Waals surface area contributed by atoms with Crippen molar-refractivity contribution in [2.75, 3.05) is 23.3 Å². The van der Waals surface area contributed by atoms with E-state index >= 15 is 0 Å². The molecule has 1 aromatic carbocycles. The molecule has 0 radical (unpaired) electrons. The molecule has 1 fully saturated rings. The molecule has 7 heteroatoms. The van der Waals surface area contributed by atoms with E-state index in [1.54, 1.807) is 0 Å². The topological polar surface area (TPSA) is 89.1 Å². The second-order valence-electron chi connectivity index (χ2n) is 6.45. The largest absolute Gasteiger partial charge is 0.332 e. The van der Waals surface area contributed by atoms with Crippen molar-refractivity contribution in [3.05, 3.63) is 42.7 Å². The van der Waals surface area contributed by atoms with Crippen molar-refractivity contribution in [3.63, 3.8) is 0 Å². The van der Waals surface area contributed by atoms with Crippen LogP contribution in [0.4, 0.5) is 17.3 Å². The Balaban J connectivity index is 1.58. The average Bonchev–Trinajstić information content (AvgIpc) is 3.26. The number of nitrogens with zero attached hydrogens (tertiary/aromatic N) is 4. The van der Waals surface area contributed by atoms with E-state index in [4.69, 9.17) is 5.73 Å². The van der Waals surface area contributed by atoms with Gasteiger partial charge < -0.3 is 20.5 Å². The minimum atomic E-state index is 0.178. The van der Waals surface area contributed by atoms with Crippen LogP contribution in [0, 0.1) is 0 Å². The van der Waals surface area contributed by atoms with Crippen molar-refractivity contribution < 1.29 is 4.79 Å². The lowest BCUT2D eigenvalue weighted by atomic mass is 10.2. The number of aromatic nitrogens is 3. The number of fused-ring (bicyclic) bond motifs is 1. The molecule has 0 spiro atoms. The van der Waals surface area contributed by atoms with Crippen LogP contribution in [0.5, 0.6) is 0 Å². The summed E-state index contributed by atoms with van der Waals surface area (Å²) in [7, 11) is 0. The summed E-state index contributed by atoms with van der Waals surface area (Å²) in [6.45, 7) is 2.26. The Labute approximate surface area is 151 Å². The molecule has 26 heavy (non-hydrogen) atoms. The van der Waals surface area contributed by atoms with Gasteiger partial charge in [0.2, 0.25) is 11.9 Å². The van der Waals surface area contributed by atoms with E-state index in [1.165, 1.54) is 0 Å². The monoisotopic (exact) mass is 350 g/mol. The minimum absolute atomic E-state index is 0.178. The van der Waals surface area contributed by atoms with Crippen LogP contribution >= 0.6 is 0 Å². The first kappa shape index (κ1) is 16.5. The molecule has 1 aliphatic heterocycles. The quantitative estimate of drug-likeness (QED) is 0.713. The highest BCUT2D eigenvalue weighted by molar-refractivity contribution is 5.95. The first-order valence-electron chi connectivity index (χ1n) is 8.94. The van der Waals surface area contributed by atoms with Gasteiger partial charge in [-0.1, -0.05) is 6.07 Å². The van der Waals surface area contributed by atoms with Gasteiger partial charge in [0, 0.05) is 48.7 Å². The molecule has 0 atom stereocenters. The van der Waals surface area contributed by atoms with Crippen molar-refractivity contribution in [1.82, 2.24) is 14.5 Å². The molecule has 4 rings (SSSR count). The highest BCUT2D eigenvalue weighted by atomic mass is 16.2. The Kier molecular flexibility index (Phi) is 4.53. The predicted molar refractivity (Wildman–Crippen MR) is 103 cm³/mol. The lowest BCUT2D eigenvalue weighted by Gasteiger charge is -2.16. The summed E-state index contributed by atoms with van der Waals surface area (Å²) in [5.74, 6) is 0.715. The second kappa shape index (κ2) is 7.13. The molecular weight excluding hydrogens is 328 g/mol. The fraction of sp³-hybridized carbons (Fsp3) is 0.316. The second-order valence-corrected chi connectivity index (χ2v) is 6.45. The molecule has 134 valence electrons. The Morgan fingerprint density at radius 1 is 1.27 bits per heavy atom. The van der Waals surface area contributed by atoms with Crippen LogP contribution in [0.1, 0.15) is 19.3 Å². The van der Waals surface area contributed by atoms with Gasteiger partial charge in [-0.05, 0) is 43.7 Å². The van der Waals surface area contributed by atoms with Crippen molar-refractivity contribution in [2.45, 2.75) is 25.8 Å². The van der Waals surface area contributed by atoms with Gasteiger partial charge in [-0.25, -0.2) is 4.98 Å². The van der Waals surface area contributed by atoms with Crippen LogP contribution < -0.4 is 16.0 Å². The lowest BCUT2D eigenvalue weighted by molar-refractivity contribution is -0.117. The van der Waals surface area contributed by atoms with Gasteiger partial charge in [-0.3, -0.25) is 4.79 Å². The normalized spacial score (nSPS) is 14.3. The molecule has 1 amide bonds. The number of nitrogens with two attached hydrogens (primary N) is 1. The van der Waals surface area contributed by atoms with Crippen molar-refractivity contribution in [2.24, 2.45) is 5.73 Å². The molecule has 1 saturated heterocycles. The number of carbonyl (C=O) groups excluding carboxylic acids is 1. The number of carbonyl (C=O) groups is 1. The van der Waals surface area contributed by atoms with Gasteiger partial charge in [0.1, 0.15) is 5.65 Å². The molecule has 3 aromatic rings. The van der Waals surface area contributed by atoms with Gasteiger partial charge >= 0.3 is 0 Å². The van der Waals surface area contributed by atoms with Crippen molar-refractivity contribution in [3.8, 4) is 0 Å². The van der Waals surface area contributed by atoms with E-state index in [-0.39, 0.29) is 5.91 Å². The third-order valence-electron chi connectivity index (χ3n) is 4.59. The maximum absolute atomic E-state index is 12.0. The maximum Gasteiger partial charge on any atom is 0.229 e. The first-order valence-corrected chi connectivity index (χ1v) is 8.94. The highest BCUT2D eigenvalue weighted by Gasteiger charge is 2.21. The van der Waals surface area contributed by atoms with Crippen LogP contribution in [0.2, 0.25) is 0 Å². The SMILES string of the molecule is NCCCn1ccc2cnc(Nc3cccc(N4CCCC4=O)c3)nc21. The predicted octanol–water partition coefficient (Wildman–Crippen LogP) is 2.65. The zero-order valence-corrected chi connectivity index (χ0v) is 14.6. The van der Waals surface area contributed by atoms with Crippen molar-refractivity contribution in [1.29, 1.82) is 0 Å². The van der Waals surface area contributed by atoms with Gasteiger partial charge in [0.25, 0.3) is 0 Å². The van der Waals surface area contributed by atoms with Gasteiger partial charge in [0.15, 0.2) is 0 Å². The third-order valence-corrected chi connectivity index (χ3v) is 4.59. The molecule has 0 aliphatic carbocycles. The summed E-state index contributed by atoms with van der Waals surface area (Å²) >= 11 is 0. The van der Waals surface area contributed by atoms with Crippen LogP contribution in [0.25, 0.3) is 11.0 Å². The number of hydrogen-bond donors (Lipinski definition) is 2. The molecule has 1 aliphatic rings. The Morgan fingerprint density at radius 3 is 3.00 bits per heavy atom. The molecule has 3 heterocycles. The molecule has 2 aromatic heterocycles. The van der Waals surface area contributed by atoms with Crippen LogP contribution in [0.15, 0.2) is 42.7 Å². The zero-order valence-electron chi connectivity index (χ0n) is 14.6. The summed E-state index contributed by atoms with van der Waals surface area (Å²) in [5, 5.41) is 4.25. The van der Waals surface area contributed by atoms with Crippen LogP contribution in [-0.4, -0.2) is 33.5 Å². The zero-order chi connectivity index (χ0) is 17.9. The Morgan fingerprint density at radius 2 is 2.19 bits per heavy atom.